The summed E-state index contributed by atoms with van der Waals surface area (Å²) in [6, 6.07) is 4.76. The molecule has 23 heavy (non-hydrogen) atoms. The second-order valence-corrected chi connectivity index (χ2v) is 6.17. The van der Waals surface area contributed by atoms with Crippen LogP contribution in [0.15, 0.2) is 24.3 Å². The monoisotopic (exact) mass is 331 g/mol. The van der Waals surface area contributed by atoms with Crippen molar-refractivity contribution in [2.45, 2.75) is 45.8 Å². The topological polar surface area (TPSA) is 49.3 Å². The van der Waals surface area contributed by atoms with Gasteiger partial charge >= 0.3 is 6.18 Å². The molecule has 1 aromatic rings. The van der Waals surface area contributed by atoms with E-state index in [1.165, 1.54) is 12.1 Å². The molecular formula is C17H24F3NO2. The zero-order valence-electron chi connectivity index (χ0n) is 13.7. The van der Waals surface area contributed by atoms with Crippen molar-refractivity contribution in [1.29, 1.82) is 0 Å². The molecule has 0 radical (unpaired) electrons. The second-order valence-electron chi connectivity index (χ2n) is 6.17. The minimum atomic E-state index is -4.35. The number of benzene rings is 1. The summed E-state index contributed by atoms with van der Waals surface area (Å²) < 4.78 is 37.6. The molecule has 1 rings (SSSR count). The number of carbonyl (C=O) groups excluding carboxylic acids is 1. The number of halogens is 3. The van der Waals surface area contributed by atoms with Crippen molar-refractivity contribution in [3.8, 4) is 0 Å². The number of carbonyl (C=O) groups is 1. The minimum absolute atomic E-state index is 0.00356. The Hall–Kier alpha value is -1.56. The van der Waals surface area contributed by atoms with Crippen LogP contribution >= 0.6 is 0 Å². The van der Waals surface area contributed by atoms with Crippen LogP contribution in [0.4, 0.5) is 13.2 Å². The van der Waals surface area contributed by atoms with Gasteiger partial charge in [0.05, 0.1) is 5.56 Å². The first-order valence-electron chi connectivity index (χ1n) is 7.72. The van der Waals surface area contributed by atoms with Crippen LogP contribution in [-0.2, 0) is 17.4 Å². The lowest BCUT2D eigenvalue weighted by atomic mass is 9.96. The third-order valence-electron chi connectivity index (χ3n) is 3.84. The van der Waals surface area contributed by atoms with E-state index < -0.39 is 11.7 Å². The fourth-order valence-electron chi connectivity index (χ4n) is 2.31. The predicted molar refractivity (Wildman–Crippen MR) is 82.8 cm³/mol. The van der Waals surface area contributed by atoms with Crippen molar-refractivity contribution in [3.63, 3.8) is 0 Å². The Kier molecular flexibility index (Phi) is 7.06. The quantitative estimate of drug-likeness (QED) is 0.804. The maximum Gasteiger partial charge on any atom is 0.416 e. The molecule has 2 N–H and O–H groups in total. The van der Waals surface area contributed by atoms with Gasteiger partial charge < -0.3 is 10.4 Å². The molecule has 0 saturated heterocycles. The Morgan fingerprint density at radius 1 is 1.17 bits per heavy atom. The van der Waals surface area contributed by atoms with Crippen LogP contribution in [0.3, 0.4) is 0 Å². The molecule has 2 unspecified atom stereocenters. The number of amides is 1. The number of rotatable bonds is 7. The second kappa shape index (κ2) is 8.34. The molecule has 0 fully saturated rings. The summed E-state index contributed by atoms with van der Waals surface area (Å²) in [5.41, 5.74) is -0.00919. The van der Waals surface area contributed by atoms with Gasteiger partial charge in [-0.15, -0.1) is 0 Å². The van der Waals surface area contributed by atoms with Crippen LogP contribution in [-0.4, -0.2) is 23.7 Å². The summed E-state index contributed by atoms with van der Waals surface area (Å²) in [6.07, 6.45) is -3.50. The summed E-state index contributed by atoms with van der Waals surface area (Å²) in [6.45, 7) is 5.65. The lowest BCUT2D eigenvalue weighted by Crippen LogP contribution is -2.42. The molecule has 0 heterocycles. The van der Waals surface area contributed by atoms with Gasteiger partial charge in [0.2, 0.25) is 5.91 Å². The molecule has 6 heteroatoms. The van der Waals surface area contributed by atoms with Crippen molar-refractivity contribution in [1.82, 2.24) is 5.32 Å². The summed E-state index contributed by atoms with van der Waals surface area (Å²) >= 11 is 0. The lowest BCUT2D eigenvalue weighted by Gasteiger charge is -2.23. The first kappa shape index (κ1) is 19.5. The molecular weight excluding hydrogens is 307 g/mol. The van der Waals surface area contributed by atoms with E-state index in [1.807, 2.05) is 13.8 Å². The van der Waals surface area contributed by atoms with Crippen LogP contribution in [0.5, 0.6) is 0 Å². The molecule has 0 aliphatic carbocycles. The fourth-order valence-corrected chi connectivity index (χ4v) is 2.31. The summed E-state index contributed by atoms with van der Waals surface area (Å²) in [5.74, 6) is -0.312. The van der Waals surface area contributed by atoms with E-state index in [-0.39, 0.29) is 30.4 Å². The minimum Gasteiger partial charge on any atom is -0.396 e. The van der Waals surface area contributed by atoms with Crippen LogP contribution < -0.4 is 5.32 Å². The van der Waals surface area contributed by atoms with E-state index >= 15 is 0 Å². The Bertz CT molecular complexity index is 498. The van der Waals surface area contributed by atoms with Crippen molar-refractivity contribution in [3.05, 3.63) is 35.4 Å². The zero-order valence-corrected chi connectivity index (χ0v) is 13.7. The largest absolute Gasteiger partial charge is 0.416 e. The Morgan fingerprint density at radius 3 is 2.17 bits per heavy atom. The average Bonchev–Trinajstić information content (AvgIpc) is 2.46. The smallest absolute Gasteiger partial charge is 0.396 e. The molecule has 130 valence electrons. The van der Waals surface area contributed by atoms with Crippen LogP contribution in [0.2, 0.25) is 0 Å². The van der Waals surface area contributed by atoms with E-state index in [0.717, 1.165) is 12.1 Å². The van der Waals surface area contributed by atoms with Crippen LogP contribution in [0.1, 0.15) is 38.3 Å². The Morgan fingerprint density at radius 2 is 1.74 bits per heavy atom. The number of hydrogen-bond donors (Lipinski definition) is 2. The van der Waals surface area contributed by atoms with Crippen LogP contribution in [0, 0.1) is 11.8 Å². The predicted octanol–water partition coefficient (Wildman–Crippen LogP) is 3.41. The summed E-state index contributed by atoms with van der Waals surface area (Å²) in [4.78, 5) is 12.2. The average molecular weight is 331 g/mol. The molecule has 3 nitrogen and oxygen atoms in total. The highest BCUT2D eigenvalue weighted by molar-refractivity contribution is 5.78. The van der Waals surface area contributed by atoms with E-state index in [1.54, 1.807) is 6.92 Å². The number of hydrogen-bond acceptors (Lipinski definition) is 2. The summed E-state index contributed by atoms with van der Waals surface area (Å²) in [7, 11) is 0. The zero-order chi connectivity index (χ0) is 17.6. The van der Waals surface area contributed by atoms with Gasteiger partial charge in [-0.3, -0.25) is 4.79 Å². The molecule has 1 amide bonds. The van der Waals surface area contributed by atoms with Gasteiger partial charge in [0.25, 0.3) is 0 Å². The third-order valence-corrected chi connectivity index (χ3v) is 3.84. The van der Waals surface area contributed by atoms with Crippen molar-refractivity contribution >= 4 is 5.91 Å². The van der Waals surface area contributed by atoms with Gasteiger partial charge in [-0.1, -0.05) is 32.9 Å². The SMILES string of the molecule is CC(Cc1ccc(C(F)(F)F)cc1)C(=O)NC(CCO)C(C)C. The standard InChI is InChI=1S/C17H24F3NO2/c1-11(2)15(8-9-22)21-16(23)12(3)10-13-4-6-14(7-5-13)17(18,19)20/h4-7,11-12,15,22H,8-10H2,1-3H3,(H,21,23). The number of nitrogens with one attached hydrogen (secondary N) is 1. The number of aliphatic hydroxyl groups excluding tert-OH is 1. The van der Waals surface area contributed by atoms with E-state index in [2.05, 4.69) is 5.32 Å². The summed E-state index contributed by atoms with van der Waals surface area (Å²) in [5, 5.41) is 11.9. The van der Waals surface area contributed by atoms with E-state index in [9.17, 15) is 18.0 Å². The molecule has 0 aliphatic heterocycles. The van der Waals surface area contributed by atoms with Gasteiger partial charge in [-0.05, 0) is 36.5 Å². The number of alkyl halides is 3. The normalized spacial score (nSPS) is 14.6. The van der Waals surface area contributed by atoms with Crippen molar-refractivity contribution in [2.24, 2.45) is 11.8 Å². The molecule has 0 bridgehead atoms. The molecule has 1 aromatic carbocycles. The molecule has 0 aliphatic rings. The maximum atomic E-state index is 12.5. The fraction of sp³-hybridized carbons (Fsp3) is 0.588. The lowest BCUT2D eigenvalue weighted by molar-refractivity contribution is -0.137. The first-order chi connectivity index (χ1) is 10.6. The first-order valence-corrected chi connectivity index (χ1v) is 7.72. The third kappa shape index (κ3) is 6.22. The highest BCUT2D eigenvalue weighted by Crippen LogP contribution is 2.29. The molecule has 2 atom stereocenters. The number of aliphatic hydroxyl groups is 1. The Labute approximate surface area is 134 Å². The van der Waals surface area contributed by atoms with Gasteiger partial charge in [0.1, 0.15) is 0 Å². The van der Waals surface area contributed by atoms with Crippen molar-refractivity contribution < 1.29 is 23.1 Å². The highest BCUT2D eigenvalue weighted by Gasteiger charge is 2.30. The molecule has 0 aromatic heterocycles. The highest BCUT2D eigenvalue weighted by atomic mass is 19.4. The van der Waals surface area contributed by atoms with Gasteiger partial charge in [0.15, 0.2) is 0 Å². The Balaban J connectivity index is 2.64. The molecule has 0 spiro atoms. The maximum absolute atomic E-state index is 12.5. The van der Waals surface area contributed by atoms with Gasteiger partial charge in [0, 0.05) is 18.6 Å². The van der Waals surface area contributed by atoms with Crippen LogP contribution in [0.25, 0.3) is 0 Å². The van der Waals surface area contributed by atoms with E-state index in [4.69, 9.17) is 5.11 Å². The van der Waals surface area contributed by atoms with Gasteiger partial charge in [-0.2, -0.15) is 13.2 Å². The van der Waals surface area contributed by atoms with Crippen molar-refractivity contribution in [2.75, 3.05) is 6.61 Å². The van der Waals surface area contributed by atoms with E-state index in [0.29, 0.717) is 18.4 Å². The van der Waals surface area contributed by atoms with Gasteiger partial charge in [-0.25, -0.2) is 0 Å². The molecule has 0 saturated carbocycles.